The summed E-state index contributed by atoms with van der Waals surface area (Å²) < 4.78 is 0. The second kappa shape index (κ2) is 7.09. The molecule has 20 heavy (non-hydrogen) atoms. The normalized spacial score (nSPS) is 18.4. The third-order valence-corrected chi connectivity index (χ3v) is 3.63. The SMILES string of the molecule is CNC(=O)C1CCCN1Cc1ccccc1C#CCN. The second-order valence-electron chi connectivity index (χ2n) is 4.91. The van der Waals surface area contributed by atoms with Gasteiger partial charge < -0.3 is 11.1 Å². The molecule has 2 rings (SSSR count). The predicted octanol–water partition coefficient (Wildman–Crippen LogP) is 0.707. The molecule has 106 valence electrons. The molecular formula is C16H21N3O. The number of benzene rings is 1. The number of rotatable bonds is 3. The average Bonchev–Trinajstić information content (AvgIpc) is 2.93. The molecule has 4 heteroatoms. The molecular weight excluding hydrogens is 250 g/mol. The fraction of sp³-hybridized carbons (Fsp3) is 0.438. The van der Waals surface area contributed by atoms with Gasteiger partial charge >= 0.3 is 0 Å². The molecule has 1 unspecified atom stereocenters. The number of nitrogens with two attached hydrogens (primary N) is 1. The monoisotopic (exact) mass is 271 g/mol. The van der Waals surface area contributed by atoms with Gasteiger partial charge in [0.15, 0.2) is 0 Å². The van der Waals surface area contributed by atoms with Gasteiger partial charge in [0.25, 0.3) is 0 Å². The zero-order chi connectivity index (χ0) is 14.4. The third-order valence-electron chi connectivity index (χ3n) is 3.63. The maximum Gasteiger partial charge on any atom is 0.237 e. The lowest BCUT2D eigenvalue weighted by Gasteiger charge is -2.23. The highest BCUT2D eigenvalue weighted by atomic mass is 16.2. The molecule has 1 amide bonds. The number of carbonyl (C=O) groups excluding carboxylic acids is 1. The molecule has 0 saturated carbocycles. The maximum absolute atomic E-state index is 11.9. The van der Waals surface area contributed by atoms with Crippen molar-refractivity contribution in [3.63, 3.8) is 0 Å². The predicted molar refractivity (Wildman–Crippen MR) is 79.9 cm³/mol. The summed E-state index contributed by atoms with van der Waals surface area (Å²) in [5, 5.41) is 2.75. The van der Waals surface area contributed by atoms with Crippen LogP contribution in [0.4, 0.5) is 0 Å². The van der Waals surface area contributed by atoms with E-state index >= 15 is 0 Å². The van der Waals surface area contributed by atoms with E-state index in [9.17, 15) is 4.79 Å². The van der Waals surface area contributed by atoms with Crippen LogP contribution in [-0.4, -0.2) is 37.0 Å². The Bertz CT molecular complexity index is 530. The zero-order valence-corrected chi connectivity index (χ0v) is 11.9. The smallest absolute Gasteiger partial charge is 0.237 e. The Labute approximate surface area is 120 Å². The Morgan fingerprint density at radius 3 is 3.05 bits per heavy atom. The number of nitrogens with zero attached hydrogens (tertiary/aromatic N) is 1. The van der Waals surface area contributed by atoms with Crippen molar-refractivity contribution in [2.45, 2.75) is 25.4 Å². The Kier molecular flexibility index (Phi) is 5.16. The van der Waals surface area contributed by atoms with Gasteiger partial charge in [-0.1, -0.05) is 30.0 Å². The van der Waals surface area contributed by atoms with Gasteiger partial charge in [-0.2, -0.15) is 0 Å². The summed E-state index contributed by atoms with van der Waals surface area (Å²) in [5.74, 6) is 6.10. The van der Waals surface area contributed by atoms with Crippen LogP contribution in [0.3, 0.4) is 0 Å². The molecule has 4 nitrogen and oxygen atoms in total. The number of hydrogen-bond acceptors (Lipinski definition) is 3. The standard InChI is InChI=1S/C16H21N3O/c1-18-16(20)15-9-5-11-19(15)12-14-7-3-2-6-13(14)8-4-10-17/h2-3,6-7,15H,5,9-12,17H2,1H3,(H,18,20). The van der Waals surface area contributed by atoms with Gasteiger partial charge in [0.05, 0.1) is 12.6 Å². The highest BCUT2D eigenvalue weighted by Gasteiger charge is 2.30. The Morgan fingerprint density at radius 2 is 2.30 bits per heavy atom. The van der Waals surface area contributed by atoms with Gasteiger partial charge in [-0.15, -0.1) is 0 Å². The summed E-state index contributed by atoms with van der Waals surface area (Å²) in [6, 6.07) is 8.04. The Balaban J connectivity index is 2.15. The van der Waals surface area contributed by atoms with Crippen LogP contribution in [0, 0.1) is 11.8 Å². The number of hydrogen-bond donors (Lipinski definition) is 2. The van der Waals surface area contributed by atoms with Crippen molar-refractivity contribution < 1.29 is 4.79 Å². The molecule has 3 N–H and O–H groups in total. The molecule has 0 spiro atoms. The number of amides is 1. The minimum absolute atomic E-state index is 0.0180. The first-order valence-corrected chi connectivity index (χ1v) is 6.98. The van der Waals surface area contributed by atoms with Crippen LogP contribution in [0.5, 0.6) is 0 Å². The fourth-order valence-corrected chi connectivity index (χ4v) is 2.62. The molecule has 0 radical (unpaired) electrons. The van der Waals surface area contributed by atoms with Crippen molar-refractivity contribution in [3.8, 4) is 11.8 Å². The molecule has 1 aromatic rings. The maximum atomic E-state index is 11.9. The van der Waals surface area contributed by atoms with Gasteiger partial charge in [0.2, 0.25) is 5.91 Å². The van der Waals surface area contributed by atoms with Crippen LogP contribution < -0.4 is 11.1 Å². The first kappa shape index (κ1) is 14.6. The minimum Gasteiger partial charge on any atom is -0.358 e. The van der Waals surface area contributed by atoms with E-state index in [1.54, 1.807) is 7.05 Å². The van der Waals surface area contributed by atoms with Crippen molar-refractivity contribution in [2.75, 3.05) is 20.1 Å². The van der Waals surface area contributed by atoms with Crippen LogP contribution in [0.1, 0.15) is 24.0 Å². The lowest BCUT2D eigenvalue weighted by molar-refractivity contribution is -0.125. The molecule has 1 heterocycles. The second-order valence-corrected chi connectivity index (χ2v) is 4.91. The summed E-state index contributed by atoms with van der Waals surface area (Å²) >= 11 is 0. The van der Waals surface area contributed by atoms with Gasteiger partial charge in [0, 0.05) is 19.2 Å². The molecule has 1 saturated heterocycles. The van der Waals surface area contributed by atoms with Crippen LogP contribution in [0.15, 0.2) is 24.3 Å². The topological polar surface area (TPSA) is 58.4 Å². The van der Waals surface area contributed by atoms with Gasteiger partial charge in [-0.25, -0.2) is 0 Å². The highest BCUT2D eigenvalue weighted by Crippen LogP contribution is 2.21. The lowest BCUT2D eigenvalue weighted by atomic mass is 10.1. The highest BCUT2D eigenvalue weighted by molar-refractivity contribution is 5.81. The molecule has 1 aromatic carbocycles. The van der Waals surface area contributed by atoms with E-state index < -0.39 is 0 Å². The van der Waals surface area contributed by atoms with Crippen molar-refractivity contribution in [1.29, 1.82) is 0 Å². The summed E-state index contributed by atoms with van der Waals surface area (Å²) in [4.78, 5) is 14.1. The lowest BCUT2D eigenvalue weighted by Crippen LogP contribution is -2.41. The van der Waals surface area contributed by atoms with Crippen LogP contribution >= 0.6 is 0 Å². The summed E-state index contributed by atoms with van der Waals surface area (Å²) in [6.07, 6.45) is 1.99. The zero-order valence-electron chi connectivity index (χ0n) is 11.9. The fourth-order valence-electron chi connectivity index (χ4n) is 2.62. The summed E-state index contributed by atoms with van der Waals surface area (Å²) in [7, 11) is 1.69. The van der Waals surface area contributed by atoms with Crippen molar-refractivity contribution in [1.82, 2.24) is 10.2 Å². The van der Waals surface area contributed by atoms with Crippen molar-refractivity contribution in [3.05, 3.63) is 35.4 Å². The minimum atomic E-state index is -0.0180. The molecule has 1 atom stereocenters. The molecule has 1 aliphatic heterocycles. The van der Waals surface area contributed by atoms with Gasteiger partial charge in [-0.05, 0) is 31.0 Å². The van der Waals surface area contributed by atoms with E-state index in [2.05, 4.69) is 28.1 Å². The average molecular weight is 271 g/mol. The molecule has 0 aromatic heterocycles. The van der Waals surface area contributed by atoms with E-state index in [4.69, 9.17) is 5.73 Å². The van der Waals surface area contributed by atoms with Crippen molar-refractivity contribution >= 4 is 5.91 Å². The Morgan fingerprint density at radius 1 is 1.50 bits per heavy atom. The summed E-state index contributed by atoms with van der Waals surface area (Å²) in [6.45, 7) is 2.07. The first-order valence-electron chi connectivity index (χ1n) is 6.98. The van der Waals surface area contributed by atoms with Crippen LogP contribution in [0.2, 0.25) is 0 Å². The Hall–Kier alpha value is -1.83. The molecule has 1 fully saturated rings. The van der Waals surface area contributed by atoms with E-state index in [0.717, 1.165) is 37.1 Å². The van der Waals surface area contributed by atoms with E-state index in [1.807, 2.05) is 18.2 Å². The first-order chi connectivity index (χ1) is 9.76. The largest absolute Gasteiger partial charge is 0.358 e. The number of nitrogens with one attached hydrogen (secondary N) is 1. The van der Waals surface area contributed by atoms with Crippen molar-refractivity contribution in [2.24, 2.45) is 5.73 Å². The molecule has 0 bridgehead atoms. The van der Waals surface area contributed by atoms with E-state index in [0.29, 0.717) is 6.54 Å². The number of carbonyl (C=O) groups is 1. The van der Waals surface area contributed by atoms with E-state index in [-0.39, 0.29) is 11.9 Å². The van der Waals surface area contributed by atoms with Gasteiger partial charge in [0.1, 0.15) is 0 Å². The summed E-state index contributed by atoms with van der Waals surface area (Å²) in [5.41, 5.74) is 7.59. The van der Waals surface area contributed by atoms with Crippen LogP contribution in [0.25, 0.3) is 0 Å². The van der Waals surface area contributed by atoms with E-state index in [1.165, 1.54) is 0 Å². The molecule has 1 aliphatic rings. The third kappa shape index (κ3) is 3.38. The number of likely N-dealkylation sites (N-methyl/N-ethyl adjacent to an activating group) is 1. The molecule has 0 aliphatic carbocycles. The van der Waals surface area contributed by atoms with Crippen LogP contribution in [-0.2, 0) is 11.3 Å². The van der Waals surface area contributed by atoms with Gasteiger partial charge in [-0.3, -0.25) is 9.69 Å². The quantitative estimate of drug-likeness (QED) is 0.796. The number of likely N-dealkylation sites (tertiary alicyclic amines) is 1.